The molecule has 1 N–H and O–H groups in total. The summed E-state index contributed by atoms with van der Waals surface area (Å²) in [5.41, 5.74) is 2.38. The van der Waals surface area contributed by atoms with Gasteiger partial charge >= 0.3 is 0 Å². The van der Waals surface area contributed by atoms with Crippen LogP contribution >= 0.6 is 23.4 Å². The molecule has 0 radical (unpaired) electrons. The summed E-state index contributed by atoms with van der Waals surface area (Å²) in [5.74, 6) is 1.45. The molecule has 4 rings (SSSR count). The number of aliphatic hydroxyl groups is 1. The summed E-state index contributed by atoms with van der Waals surface area (Å²) in [6.07, 6.45) is 5.63. The SMILES string of the molecule is Cn1cccc2c(Sc3ccc(Cl)cc3)c([C@H]3CC[C@H](O)CC3)nc1-2. The van der Waals surface area contributed by atoms with Crippen molar-refractivity contribution < 1.29 is 5.11 Å². The third-order valence-electron chi connectivity index (χ3n) is 4.97. The van der Waals surface area contributed by atoms with Gasteiger partial charge in [-0.2, -0.15) is 0 Å². The summed E-state index contributed by atoms with van der Waals surface area (Å²) >= 11 is 7.79. The maximum Gasteiger partial charge on any atom is 0.141 e. The van der Waals surface area contributed by atoms with Crippen molar-refractivity contribution in [3.8, 4) is 11.4 Å². The highest BCUT2D eigenvalue weighted by Crippen LogP contribution is 2.45. The first-order chi connectivity index (χ1) is 12.1. The minimum absolute atomic E-state index is 0.149. The van der Waals surface area contributed by atoms with Crippen LogP contribution in [-0.4, -0.2) is 20.8 Å². The highest BCUT2D eigenvalue weighted by atomic mass is 35.5. The molecule has 0 saturated heterocycles. The maximum atomic E-state index is 9.85. The largest absolute Gasteiger partial charge is 0.393 e. The standard InChI is InChI=1S/C20H21ClN2OS/c1-23-12-2-3-17-19(25-16-10-6-14(21)7-11-16)18(22-20(17)23)13-4-8-15(24)9-5-13/h2-3,6-7,10-13,15,24H,4-5,8-9H2,1H3/t13-,15-. The third-order valence-corrected chi connectivity index (χ3v) is 6.36. The lowest BCUT2D eigenvalue weighted by Crippen LogP contribution is -2.17. The maximum absolute atomic E-state index is 9.85. The molecule has 130 valence electrons. The molecular formula is C20H21ClN2OS. The van der Waals surface area contributed by atoms with E-state index in [9.17, 15) is 5.11 Å². The van der Waals surface area contributed by atoms with Crippen LogP contribution in [0.3, 0.4) is 0 Å². The molecule has 0 amide bonds. The number of aromatic nitrogens is 2. The Morgan fingerprint density at radius 1 is 1.12 bits per heavy atom. The molecule has 25 heavy (non-hydrogen) atoms. The Bertz CT molecular complexity index is 838. The first kappa shape index (κ1) is 17.0. The predicted octanol–water partition coefficient (Wildman–Crippen LogP) is 5.35. The summed E-state index contributed by atoms with van der Waals surface area (Å²) in [6, 6.07) is 12.2. The Balaban J connectivity index is 1.76. The molecule has 0 aromatic heterocycles. The van der Waals surface area contributed by atoms with Crippen LogP contribution in [0.15, 0.2) is 52.4 Å². The van der Waals surface area contributed by atoms with E-state index in [2.05, 4.69) is 28.8 Å². The predicted molar refractivity (Wildman–Crippen MR) is 103 cm³/mol. The quantitative estimate of drug-likeness (QED) is 0.673. The van der Waals surface area contributed by atoms with Gasteiger partial charge in [0.05, 0.1) is 11.8 Å². The van der Waals surface area contributed by atoms with E-state index in [1.165, 1.54) is 21.0 Å². The summed E-state index contributed by atoms with van der Waals surface area (Å²) in [6.45, 7) is 0. The van der Waals surface area contributed by atoms with Crippen molar-refractivity contribution in [2.45, 2.75) is 47.5 Å². The van der Waals surface area contributed by atoms with Crippen molar-refractivity contribution in [3.05, 3.63) is 53.3 Å². The second kappa shape index (κ2) is 7.02. The minimum atomic E-state index is -0.149. The average Bonchev–Trinajstić information content (AvgIpc) is 2.98. The van der Waals surface area contributed by atoms with Crippen LogP contribution in [0.1, 0.15) is 37.3 Å². The van der Waals surface area contributed by atoms with Crippen molar-refractivity contribution in [1.82, 2.24) is 9.55 Å². The van der Waals surface area contributed by atoms with Gasteiger partial charge in [0.15, 0.2) is 0 Å². The fourth-order valence-electron chi connectivity index (χ4n) is 3.58. The Kier molecular flexibility index (Phi) is 4.76. The molecule has 1 aromatic carbocycles. The van der Waals surface area contributed by atoms with Crippen molar-refractivity contribution in [1.29, 1.82) is 0 Å². The Hall–Kier alpha value is -1.49. The molecule has 3 nitrogen and oxygen atoms in total. The highest BCUT2D eigenvalue weighted by molar-refractivity contribution is 7.99. The molecular weight excluding hydrogens is 352 g/mol. The molecule has 2 heterocycles. The molecule has 2 aliphatic heterocycles. The van der Waals surface area contributed by atoms with Gasteiger partial charge in [-0.25, -0.2) is 4.98 Å². The van der Waals surface area contributed by atoms with Crippen LogP contribution in [0.5, 0.6) is 0 Å². The van der Waals surface area contributed by atoms with Gasteiger partial charge in [0.2, 0.25) is 0 Å². The van der Waals surface area contributed by atoms with E-state index < -0.39 is 0 Å². The number of fused-ring (bicyclic) bond motifs is 1. The fraction of sp³-hybridized carbons (Fsp3) is 0.350. The summed E-state index contributed by atoms with van der Waals surface area (Å²) in [5, 5.41) is 10.6. The van der Waals surface area contributed by atoms with Gasteiger partial charge in [-0.1, -0.05) is 23.4 Å². The molecule has 0 atom stereocenters. The van der Waals surface area contributed by atoms with Crippen LogP contribution in [0.4, 0.5) is 0 Å². The van der Waals surface area contributed by atoms with Gasteiger partial charge in [-0.3, -0.25) is 0 Å². The average molecular weight is 373 g/mol. The number of nitrogens with zero attached hydrogens (tertiary/aromatic N) is 2. The Morgan fingerprint density at radius 3 is 2.56 bits per heavy atom. The first-order valence-electron chi connectivity index (χ1n) is 8.68. The number of hydrogen-bond donors (Lipinski definition) is 1. The Morgan fingerprint density at radius 2 is 1.84 bits per heavy atom. The smallest absolute Gasteiger partial charge is 0.141 e. The molecule has 5 heteroatoms. The van der Waals surface area contributed by atoms with Gasteiger partial charge in [0.1, 0.15) is 5.82 Å². The van der Waals surface area contributed by atoms with Crippen molar-refractivity contribution in [2.75, 3.05) is 0 Å². The normalized spacial score (nSPS) is 20.9. The number of aryl methyl sites for hydroxylation is 1. The molecule has 0 unspecified atom stereocenters. The highest BCUT2D eigenvalue weighted by Gasteiger charge is 2.29. The lowest BCUT2D eigenvalue weighted by atomic mass is 9.85. The number of hydrogen-bond acceptors (Lipinski definition) is 3. The molecule has 3 aliphatic rings. The van der Waals surface area contributed by atoms with Crippen molar-refractivity contribution >= 4 is 23.4 Å². The summed E-state index contributed by atoms with van der Waals surface area (Å²) in [4.78, 5) is 7.42. The number of benzene rings is 1. The molecule has 0 spiro atoms. The first-order valence-corrected chi connectivity index (χ1v) is 9.87. The van der Waals surface area contributed by atoms with E-state index in [0.717, 1.165) is 36.5 Å². The van der Waals surface area contributed by atoms with E-state index in [-0.39, 0.29) is 6.10 Å². The number of rotatable bonds is 3. The monoisotopic (exact) mass is 372 g/mol. The van der Waals surface area contributed by atoms with Crippen molar-refractivity contribution in [3.63, 3.8) is 0 Å². The summed E-state index contributed by atoms with van der Waals surface area (Å²) < 4.78 is 2.09. The zero-order valence-electron chi connectivity index (χ0n) is 14.2. The van der Waals surface area contributed by atoms with Crippen LogP contribution in [0, 0.1) is 0 Å². The second-order valence-electron chi connectivity index (χ2n) is 6.74. The van der Waals surface area contributed by atoms with Crippen LogP contribution in [-0.2, 0) is 7.05 Å². The molecule has 1 fully saturated rings. The lowest BCUT2D eigenvalue weighted by Gasteiger charge is -2.25. The van der Waals surface area contributed by atoms with Gasteiger partial charge in [0, 0.05) is 39.5 Å². The topological polar surface area (TPSA) is 38.0 Å². The second-order valence-corrected chi connectivity index (χ2v) is 8.26. The molecule has 1 aromatic rings. The van der Waals surface area contributed by atoms with Gasteiger partial charge < -0.3 is 9.67 Å². The third kappa shape index (κ3) is 3.43. The van der Waals surface area contributed by atoms with E-state index >= 15 is 0 Å². The van der Waals surface area contributed by atoms with Crippen LogP contribution in [0.2, 0.25) is 5.02 Å². The minimum Gasteiger partial charge on any atom is -0.393 e. The van der Waals surface area contributed by atoms with Gasteiger partial charge in [0.25, 0.3) is 0 Å². The number of halogens is 1. The Labute approximate surface area is 157 Å². The molecule has 0 bridgehead atoms. The zero-order chi connectivity index (χ0) is 17.4. The molecule has 1 aliphatic carbocycles. The van der Waals surface area contributed by atoms with Crippen LogP contribution < -0.4 is 0 Å². The van der Waals surface area contributed by atoms with E-state index in [0.29, 0.717) is 5.92 Å². The van der Waals surface area contributed by atoms with E-state index in [1.54, 1.807) is 11.8 Å². The van der Waals surface area contributed by atoms with Crippen LogP contribution in [0.25, 0.3) is 11.4 Å². The van der Waals surface area contributed by atoms with E-state index in [1.807, 2.05) is 25.4 Å². The molecule has 1 saturated carbocycles. The van der Waals surface area contributed by atoms with E-state index in [4.69, 9.17) is 16.6 Å². The van der Waals surface area contributed by atoms with Gasteiger partial charge in [-0.15, -0.1) is 0 Å². The number of aliphatic hydroxyl groups excluding tert-OH is 1. The van der Waals surface area contributed by atoms with Crippen molar-refractivity contribution in [2.24, 2.45) is 7.05 Å². The zero-order valence-corrected chi connectivity index (χ0v) is 15.7. The summed E-state index contributed by atoms with van der Waals surface area (Å²) in [7, 11) is 2.04. The lowest BCUT2D eigenvalue weighted by molar-refractivity contribution is 0.121. The fourth-order valence-corrected chi connectivity index (χ4v) is 4.80. The number of pyridine rings is 1. The van der Waals surface area contributed by atoms with Gasteiger partial charge in [-0.05, 0) is 62.1 Å².